The third-order valence-electron chi connectivity index (χ3n) is 4.41. The van der Waals surface area contributed by atoms with Crippen molar-refractivity contribution in [2.75, 3.05) is 45.3 Å². The fourth-order valence-electron chi connectivity index (χ4n) is 3.31. The van der Waals surface area contributed by atoms with Gasteiger partial charge in [0.15, 0.2) is 11.5 Å². The van der Waals surface area contributed by atoms with Gasteiger partial charge < -0.3 is 19.7 Å². The van der Waals surface area contributed by atoms with Crippen molar-refractivity contribution in [3.63, 3.8) is 0 Å². The van der Waals surface area contributed by atoms with Crippen LogP contribution in [-0.2, 0) is 0 Å². The Morgan fingerprint density at radius 1 is 1.19 bits per heavy atom. The maximum atomic E-state index is 11.4. The smallest absolute Gasteiger partial charge is 0.296 e. The van der Waals surface area contributed by atoms with Gasteiger partial charge in [-0.3, -0.25) is 10.1 Å². The molecule has 2 fully saturated rings. The highest BCUT2D eigenvalue weighted by Crippen LogP contribution is 2.42. The average Bonchev–Trinajstić information content (AvgIpc) is 3.06. The minimum absolute atomic E-state index is 0.0700. The van der Waals surface area contributed by atoms with Crippen molar-refractivity contribution >= 4 is 11.4 Å². The standard InChI is InChI=1S/C14H19N3O4/c1-20-13-3-11(12(17(18)19)4-14(13)21-2)16-7-9-5-15-6-10(9)8-16/h3-4,9-10,15H,5-8H2,1-2H3. The summed E-state index contributed by atoms with van der Waals surface area (Å²) in [5, 5.41) is 14.7. The number of nitrogens with one attached hydrogen (secondary N) is 1. The van der Waals surface area contributed by atoms with Gasteiger partial charge in [0.1, 0.15) is 5.69 Å². The molecule has 3 rings (SSSR count). The van der Waals surface area contributed by atoms with E-state index in [0.717, 1.165) is 26.2 Å². The van der Waals surface area contributed by atoms with E-state index in [1.165, 1.54) is 20.3 Å². The Hall–Kier alpha value is -2.02. The fourth-order valence-corrected chi connectivity index (χ4v) is 3.31. The Labute approximate surface area is 123 Å². The predicted octanol–water partition coefficient (Wildman–Crippen LogP) is 1.27. The first kappa shape index (κ1) is 13.9. The molecular formula is C14H19N3O4. The van der Waals surface area contributed by atoms with Crippen LogP contribution in [0.25, 0.3) is 0 Å². The van der Waals surface area contributed by atoms with Gasteiger partial charge in [0.05, 0.1) is 25.2 Å². The molecule has 0 saturated carbocycles. The van der Waals surface area contributed by atoms with Crippen LogP contribution >= 0.6 is 0 Å². The maximum Gasteiger partial charge on any atom is 0.296 e. The van der Waals surface area contributed by atoms with Crippen LogP contribution in [0.15, 0.2) is 12.1 Å². The monoisotopic (exact) mass is 293 g/mol. The molecule has 2 unspecified atom stereocenters. The maximum absolute atomic E-state index is 11.4. The largest absolute Gasteiger partial charge is 0.493 e. The molecule has 0 spiro atoms. The van der Waals surface area contributed by atoms with Crippen LogP contribution in [0.2, 0.25) is 0 Å². The molecule has 2 aliphatic rings. The summed E-state index contributed by atoms with van der Waals surface area (Å²) in [6.07, 6.45) is 0. The van der Waals surface area contributed by atoms with Gasteiger partial charge in [-0.2, -0.15) is 0 Å². The van der Waals surface area contributed by atoms with E-state index in [0.29, 0.717) is 29.0 Å². The summed E-state index contributed by atoms with van der Waals surface area (Å²) in [6, 6.07) is 3.16. The van der Waals surface area contributed by atoms with Gasteiger partial charge >= 0.3 is 0 Å². The second-order valence-corrected chi connectivity index (χ2v) is 5.54. The lowest BCUT2D eigenvalue weighted by atomic mass is 10.0. The number of hydrogen-bond acceptors (Lipinski definition) is 6. The zero-order valence-electron chi connectivity index (χ0n) is 12.2. The number of fused-ring (bicyclic) bond motifs is 1. The number of anilines is 1. The second-order valence-electron chi connectivity index (χ2n) is 5.54. The zero-order valence-corrected chi connectivity index (χ0v) is 12.2. The molecule has 2 heterocycles. The van der Waals surface area contributed by atoms with Gasteiger partial charge in [0, 0.05) is 32.2 Å². The van der Waals surface area contributed by atoms with Crippen LogP contribution in [0.4, 0.5) is 11.4 Å². The first-order valence-corrected chi connectivity index (χ1v) is 7.00. The highest BCUT2D eigenvalue weighted by molar-refractivity contribution is 5.70. The lowest BCUT2D eigenvalue weighted by Crippen LogP contribution is -2.26. The molecular weight excluding hydrogens is 274 g/mol. The third kappa shape index (κ3) is 2.37. The molecule has 114 valence electrons. The molecule has 0 aromatic heterocycles. The molecule has 0 aliphatic carbocycles. The van der Waals surface area contributed by atoms with Gasteiger partial charge in [0.25, 0.3) is 5.69 Å². The van der Waals surface area contributed by atoms with Crippen molar-refractivity contribution in [2.45, 2.75) is 0 Å². The van der Waals surface area contributed by atoms with E-state index in [1.807, 2.05) is 0 Å². The Bertz CT molecular complexity index is 551. The minimum atomic E-state index is -0.357. The number of nitrogens with zero attached hydrogens (tertiary/aromatic N) is 2. The summed E-state index contributed by atoms with van der Waals surface area (Å²) in [7, 11) is 3.02. The Kier molecular flexibility index (Phi) is 3.59. The quantitative estimate of drug-likeness (QED) is 0.665. The molecule has 7 nitrogen and oxygen atoms in total. The zero-order chi connectivity index (χ0) is 15.0. The van der Waals surface area contributed by atoms with Crippen LogP contribution in [0, 0.1) is 22.0 Å². The molecule has 2 aliphatic heterocycles. The van der Waals surface area contributed by atoms with Crippen molar-refractivity contribution in [1.82, 2.24) is 5.32 Å². The summed E-state index contributed by atoms with van der Waals surface area (Å²) in [4.78, 5) is 13.1. The van der Waals surface area contributed by atoms with Crippen molar-refractivity contribution in [1.29, 1.82) is 0 Å². The van der Waals surface area contributed by atoms with Gasteiger partial charge in [-0.15, -0.1) is 0 Å². The van der Waals surface area contributed by atoms with Gasteiger partial charge in [-0.25, -0.2) is 0 Å². The van der Waals surface area contributed by atoms with E-state index in [-0.39, 0.29) is 10.6 Å². The second kappa shape index (κ2) is 5.40. The molecule has 0 bridgehead atoms. The molecule has 0 radical (unpaired) electrons. The van der Waals surface area contributed by atoms with Gasteiger partial charge in [0.2, 0.25) is 0 Å². The number of hydrogen-bond donors (Lipinski definition) is 1. The predicted molar refractivity (Wildman–Crippen MR) is 78.3 cm³/mol. The van der Waals surface area contributed by atoms with Gasteiger partial charge in [-0.1, -0.05) is 0 Å². The number of nitro benzene ring substituents is 1. The summed E-state index contributed by atoms with van der Waals surface area (Å²) in [6.45, 7) is 3.66. The normalized spacial score (nSPS) is 24.0. The average molecular weight is 293 g/mol. The van der Waals surface area contributed by atoms with E-state index >= 15 is 0 Å². The highest BCUT2D eigenvalue weighted by Gasteiger charge is 2.38. The van der Waals surface area contributed by atoms with Gasteiger partial charge in [-0.05, 0) is 11.8 Å². The van der Waals surface area contributed by atoms with E-state index in [1.54, 1.807) is 6.07 Å². The number of methoxy groups -OCH3 is 2. The summed E-state index contributed by atoms with van der Waals surface area (Å²) in [5.74, 6) is 2.04. The molecule has 1 aromatic carbocycles. The summed E-state index contributed by atoms with van der Waals surface area (Å²) >= 11 is 0. The molecule has 0 amide bonds. The van der Waals surface area contributed by atoms with Crippen LogP contribution in [-0.4, -0.2) is 45.3 Å². The Morgan fingerprint density at radius 3 is 2.29 bits per heavy atom. The Morgan fingerprint density at radius 2 is 1.76 bits per heavy atom. The Balaban J connectivity index is 1.98. The van der Waals surface area contributed by atoms with Crippen molar-refractivity contribution < 1.29 is 14.4 Å². The SMILES string of the molecule is COc1cc(N2CC3CNCC3C2)c([N+](=O)[O-])cc1OC. The lowest BCUT2D eigenvalue weighted by Gasteiger charge is -2.21. The molecule has 1 aromatic rings. The lowest BCUT2D eigenvalue weighted by molar-refractivity contribution is -0.384. The molecule has 2 saturated heterocycles. The van der Waals surface area contributed by atoms with E-state index in [2.05, 4.69) is 10.2 Å². The summed E-state index contributed by atoms with van der Waals surface area (Å²) in [5.41, 5.74) is 0.688. The van der Waals surface area contributed by atoms with Crippen LogP contribution in [0.1, 0.15) is 0 Å². The molecule has 21 heavy (non-hydrogen) atoms. The minimum Gasteiger partial charge on any atom is -0.493 e. The van der Waals surface area contributed by atoms with E-state index < -0.39 is 0 Å². The summed E-state index contributed by atoms with van der Waals surface area (Å²) < 4.78 is 10.4. The van der Waals surface area contributed by atoms with Crippen LogP contribution in [0.5, 0.6) is 11.5 Å². The van der Waals surface area contributed by atoms with Crippen LogP contribution in [0.3, 0.4) is 0 Å². The third-order valence-corrected chi connectivity index (χ3v) is 4.41. The molecule has 2 atom stereocenters. The van der Waals surface area contributed by atoms with Crippen molar-refractivity contribution in [3.8, 4) is 11.5 Å². The van der Waals surface area contributed by atoms with Crippen molar-refractivity contribution in [3.05, 3.63) is 22.2 Å². The number of nitro groups is 1. The van der Waals surface area contributed by atoms with E-state index in [4.69, 9.17) is 9.47 Å². The number of rotatable bonds is 4. The highest BCUT2D eigenvalue weighted by atomic mass is 16.6. The molecule has 1 N–H and O–H groups in total. The van der Waals surface area contributed by atoms with Crippen LogP contribution < -0.4 is 19.7 Å². The van der Waals surface area contributed by atoms with E-state index in [9.17, 15) is 10.1 Å². The number of benzene rings is 1. The topological polar surface area (TPSA) is 76.9 Å². The first-order chi connectivity index (χ1) is 10.1. The first-order valence-electron chi connectivity index (χ1n) is 7.00. The van der Waals surface area contributed by atoms with Crippen molar-refractivity contribution in [2.24, 2.45) is 11.8 Å². The molecule has 7 heteroatoms. The number of ether oxygens (including phenoxy) is 2. The fraction of sp³-hybridized carbons (Fsp3) is 0.571.